The molecule has 9 nitrogen and oxygen atoms in total. The first-order chi connectivity index (χ1) is 22.1. The predicted molar refractivity (Wildman–Crippen MR) is 182 cm³/mol. The molecule has 0 bridgehead atoms. The molecule has 0 saturated carbocycles. The number of primary amides is 1. The quantitative estimate of drug-likeness (QED) is 0.228. The van der Waals surface area contributed by atoms with Crippen LogP contribution < -0.4 is 5.73 Å². The third kappa shape index (κ3) is 5.27. The highest BCUT2D eigenvalue weighted by Gasteiger charge is 2.25. The number of likely N-dealkylation sites (tertiary alicyclic amines) is 1. The van der Waals surface area contributed by atoms with Gasteiger partial charge in [0.05, 0.1) is 17.3 Å². The number of pyridine rings is 1. The van der Waals surface area contributed by atoms with Crippen molar-refractivity contribution in [2.45, 2.75) is 38.5 Å². The summed E-state index contributed by atoms with van der Waals surface area (Å²) in [5.41, 5.74) is 13.0. The molecule has 1 saturated heterocycles. The van der Waals surface area contributed by atoms with Gasteiger partial charge < -0.3 is 10.6 Å². The van der Waals surface area contributed by atoms with Gasteiger partial charge in [0, 0.05) is 46.1 Å². The number of fused-ring (bicyclic) bond motifs is 2. The Morgan fingerprint density at radius 1 is 0.891 bits per heavy atom. The Kier molecular flexibility index (Phi) is 7.49. The average molecular weight is 633 g/mol. The van der Waals surface area contributed by atoms with Crippen LogP contribution >= 0.6 is 0 Å². The number of amides is 1. The number of carbonyl (C=O) groups is 1. The van der Waals surface area contributed by atoms with E-state index in [1.165, 1.54) is 3.97 Å². The van der Waals surface area contributed by atoms with Gasteiger partial charge >= 0.3 is 0 Å². The lowest BCUT2D eigenvalue weighted by atomic mass is 9.93. The largest absolute Gasteiger partial charge is 0.366 e. The number of nitrogens with two attached hydrogens (primary N) is 1. The number of rotatable bonds is 7. The van der Waals surface area contributed by atoms with Gasteiger partial charge in [0.15, 0.2) is 5.65 Å². The molecule has 3 aromatic carbocycles. The summed E-state index contributed by atoms with van der Waals surface area (Å²) in [5.74, 6) is -0.674. The second kappa shape index (κ2) is 11.5. The molecular weight excluding hydrogens is 597 g/mol. The molecule has 3 aromatic heterocycles. The Morgan fingerprint density at radius 3 is 2.39 bits per heavy atom. The molecule has 1 aliphatic heterocycles. The maximum absolute atomic E-state index is 13.9. The van der Waals surface area contributed by atoms with Gasteiger partial charge in [-0.2, -0.15) is 5.10 Å². The molecule has 0 radical (unpaired) electrons. The summed E-state index contributed by atoms with van der Waals surface area (Å²) < 4.78 is 31.2. The summed E-state index contributed by atoms with van der Waals surface area (Å²) >= 11 is 0. The number of hydrogen-bond acceptors (Lipinski definition) is 6. The van der Waals surface area contributed by atoms with Crippen molar-refractivity contribution in [1.82, 2.24) is 23.6 Å². The maximum Gasteiger partial charge on any atom is 0.248 e. The van der Waals surface area contributed by atoms with Crippen LogP contribution in [0.2, 0.25) is 0 Å². The molecule has 0 aliphatic carbocycles. The minimum Gasteiger partial charge on any atom is -0.366 e. The van der Waals surface area contributed by atoms with Crippen molar-refractivity contribution < 1.29 is 13.2 Å². The van der Waals surface area contributed by atoms with Crippen LogP contribution in [0.3, 0.4) is 0 Å². The van der Waals surface area contributed by atoms with Crippen LogP contribution in [0, 0.1) is 13.8 Å². The van der Waals surface area contributed by atoms with Gasteiger partial charge in [-0.1, -0.05) is 48.5 Å². The monoisotopic (exact) mass is 632 g/mol. The molecule has 7 rings (SSSR count). The Labute approximate surface area is 268 Å². The van der Waals surface area contributed by atoms with E-state index in [1.54, 1.807) is 30.6 Å². The lowest BCUT2D eigenvalue weighted by Gasteiger charge is -2.28. The highest BCUT2D eigenvalue weighted by molar-refractivity contribution is 7.89. The van der Waals surface area contributed by atoms with Crippen molar-refractivity contribution in [2.24, 2.45) is 5.73 Å². The zero-order chi connectivity index (χ0) is 32.2. The normalized spacial score (nSPS) is 14.8. The van der Waals surface area contributed by atoms with Gasteiger partial charge in [-0.05, 0) is 92.8 Å². The van der Waals surface area contributed by atoms with Gasteiger partial charge in [-0.25, -0.2) is 17.4 Å². The second-order valence-corrected chi connectivity index (χ2v) is 14.2. The highest BCUT2D eigenvalue weighted by Crippen LogP contribution is 2.38. The van der Waals surface area contributed by atoms with Gasteiger partial charge in [0.2, 0.25) is 15.9 Å². The minimum atomic E-state index is -3.83. The highest BCUT2D eigenvalue weighted by atomic mass is 32.2. The molecule has 4 heterocycles. The smallest absolute Gasteiger partial charge is 0.248 e. The van der Waals surface area contributed by atoms with E-state index in [9.17, 15) is 13.2 Å². The van der Waals surface area contributed by atoms with Crippen LogP contribution in [0.1, 0.15) is 45.9 Å². The number of hydrogen-bond donors (Lipinski definition) is 1. The fourth-order valence-corrected chi connectivity index (χ4v) is 8.07. The Bertz CT molecular complexity index is 2230. The van der Waals surface area contributed by atoms with Gasteiger partial charge in [-0.15, -0.1) is 0 Å². The molecule has 46 heavy (non-hydrogen) atoms. The van der Waals surface area contributed by atoms with Gasteiger partial charge in [0.1, 0.15) is 0 Å². The molecule has 0 unspecified atom stereocenters. The van der Waals surface area contributed by atoms with Gasteiger partial charge in [0.25, 0.3) is 0 Å². The van der Waals surface area contributed by atoms with Gasteiger partial charge in [-0.3, -0.25) is 9.48 Å². The minimum absolute atomic E-state index is 0.172. The standard InChI is InChI=1S/C36H36N6O3S/c1-23-24(2)29(35(37)43)13-12-28(23)32-21-42(46(44,45)22-25-8-5-4-6-9-25)36-31(32)18-26(19-38-36)30-10-7-11-34-33(30)20-41(39-34)27-14-16-40(3)17-15-27/h4-13,18-21,27H,14-17,22H2,1-3H3,(H2,37,43). The summed E-state index contributed by atoms with van der Waals surface area (Å²) in [7, 11) is -1.68. The first-order valence-electron chi connectivity index (χ1n) is 15.5. The van der Waals surface area contributed by atoms with E-state index in [-0.39, 0.29) is 5.75 Å². The van der Waals surface area contributed by atoms with Crippen LogP contribution in [0.4, 0.5) is 0 Å². The molecule has 2 N–H and O–H groups in total. The molecule has 1 amide bonds. The van der Waals surface area contributed by atoms with E-state index in [4.69, 9.17) is 15.8 Å². The first-order valence-corrected chi connectivity index (χ1v) is 17.1. The molecule has 234 valence electrons. The molecule has 1 aliphatic rings. The van der Waals surface area contributed by atoms with E-state index in [0.717, 1.165) is 64.7 Å². The molecule has 10 heteroatoms. The maximum atomic E-state index is 13.9. The molecule has 0 spiro atoms. The molecular formula is C36H36N6O3S. The van der Waals surface area contributed by atoms with Crippen molar-refractivity contribution in [3.05, 3.63) is 108 Å². The van der Waals surface area contributed by atoms with Crippen LogP contribution in [0.25, 0.3) is 44.2 Å². The van der Waals surface area contributed by atoms with Crippen molar-refractivity contribution >= 4 is 37.9 Å². The SMILES string of the molecule is Cc1c(C(N)=O)ccc(-c2cn(S(=O)(=O)Cc3ccccc3)c3ncc(-c4cccc5nn(C6CCN(C)CC6)cc45)cc23)c1C. The number of piperidine rings is 1. The van der Waals surface area contributed by atoms with Crippen molar-refractivity contribution in [3.63, 3.8) is 0 Å². The third-order valence-corrected chi connectivity index (χ3v) is 11.0. The van der Waals surface area contributed by atoms with Crippen LogP contribution in [0.5, 0.6) is 0 Å². The summed E-state index contributed by atoms with van der Waals surface area (Å²) in [6.07, 6.45) is 7.64. The summed E-state index contributed by atoms with van der Waals surface area (Å²) in [6, 6.07) is 21.1. The number of carbonyl (C=O) groups excluding carboxylic acids is 1. The Balaban J connectivity index is 1.40. The number of benzene rings is 3. The lowest BCUT2D eigenvalue weighted by molar-refractivity contribution is 0.0999. The Hall–Kier alpha value is -4.80. The van der Waals surface area contributed by atoms with Crippen molar-refractivity contribution in [1.29, 1.82) is 0 Å². The third-order valence-electron chi connectivity index (χ3n) is 9.39. The van der Waals surface area contributed by atoms with Crippen molar-refractivity contribution in [2.75, 3.05) is 20.1 Å². The summed E-state index contributed by atoms with van der Waals surface area (Å²) in [6.45, 7) is 5.87. The predicted octanol–water partition coefficient (Wildman–Crippen LogP) is 6.08. The molecule has 6 aromatic rings. The fourth-order valence-electron chi connectivity index (χ4n) is 6.65. The molecule has 0 atom stereocenters. The zero-order valence-electron chi connectivity index (χ0n) is 26.1. The van der Waals surface area contributed by atoms with E-state index < -0.39 is 15.9 Å². The zero-order valence-corrected chi connectivity index (χ0v) is 27.0. The Morgan fingerprint density at radius 2 is 1.65 bits per heavy atom. The molecule has 1 fully saturated rings. The first kappa shape index (κ1) is 29.9. The second-order valence-electron chi connectivity index (χ2n) is 12.3. The van der Waals surface area contributed by atoms with Crippen LogP contribution in [-0.4, -0.2) is 58.1 Å². The van der Waals surface area contributed by atoms with E-state index in [0.29, 0.717) is 33.8 Å². The topological polar surface area (TPSA) is 116 Å². The van der Waals surface area contributed by atoms with E-state index >= 15 is 0 Å². The average Bonchev–Trinajstić information content (AvgIpc) is 3.65. The van der Waals surface area contributed by atoms with Crippen LogP contribution in [-0.2, 0) is 15.8 Å². The number of nitrogens with zero attached hydrogens (tertiary/aromatic N) is 5. The fraction of sp³-hybridized carbons (Fsp3) is 0.250. The van der Waals surface area contributed by atoms with E-state index in [2.05, 4.69) is 28.9 Å². The number of aromatic nitrogens is 4. The van der Waals surface area contributed by atoms with E-state index in [1.807, 2.05) is 56.3 Å². The van der Waals surface area contributed by atoms with Crippen LogP contribution in [0.15, 0.2) is 85.3 Å². The van der Waals surface area contributed by atoms with Crippen molar-refractivity contribution in [3.8, 4) is 22.3 Å². The summed E-state index contributed by atoms with van der Waals surface area (Å²) in [5, 5.41) is 6.68. The summed E-state index contributed by atoms with van der Waals surface area (Å²) in [4.78, 5) is 19.2. The lowest BCUT2D eigenvalue weighted by Crippen LogP contribution is -2.31.